The molecule has 0 unspecified atom stereocenters. The fourth-order valence-corrected chi connectivity index (χ4v) is 8.55. The highest BCUT2D eigenvalue weighted by atomic mass is 15.1. The highest BCUT2D eigenvalue weighted by Gasteiger charge is 2.39. The van der Waals surface area contributed by atoms with E-state index in [2.05, 4.69) is 194 Å². The third kappa shape index (κ3) is 5.89. The Bertz CT molecular complexity index is 1810. The molecule has 2 aliphatic rings. The van der Waals surface area contributed by atoms with Gasteiger partial charge in [-0.3, -0.25) is 0 Å². The molecular weight excluding hydrogens is 605 g/mol. The van der Waals surface area contributed by atoms with Crippen LogP contribution in [-0.4, -0.2) is 14.1 Å². The smallest absolute Gasteiger partial charge is 0.0449 e. The van der Waals surface area contributed by atoms with Crippen molar-refractivity contribution in [1.29, 1.82) is 0 Å². The van der Waals surface area contributed by atoms with Gasteiger partial charge in [0.2, 0.25) is 0 Å². The Morgan fingerprint density at radius 1 is 0.400 bits per heavy atom. The van der Waals surface area contributed by atoms with Crippen LogP contribution in [0, 0.1) is 0 Å². The standard InChI is InChI=1S/C48H64N2/c1-43(2,3)31-17-21-39-35(27-31)47(11,12)37-29-33(19-23-41(37)49(39)15)45(7,8)25-26-46(9,10)34-20-24-42-38(30-34)48(13,14)36-28-32(44(4,5)6)18-22-40(36)50(42)16/h17-24,27-30H,25-26H2,1-16H3. The minimum atomic E-state index is -0.0842. The lowest BCUT2D eigenvalue weighted by atomic mass is 9.68. The first-order valence-corrected chi connectivity index (χ1v) is 18.9. The van der Waals surface area contributed by atoms with Crippen molar-refractivity contribution < 1.29 is 0 Å². The maximum Gasteiger partial charge on any atom is 0.0449 e. The first-order valence-electron chi connectivity index (χ1n) is 18.9. The van der Waals surface area contributed by atoms with E-state index in [1.807, 2.05) is 0 Å². The molecule has 0 radical (unpaired) electrons. The molecule has 4 aromatic carbocycles. The number of hydrogen-bond acceptors (Lipinski definition) is 2. The van der Waals surface area contributed by atoms with E-state index < -0.39 is 0 Å². The van der Waals surface area contributed by atoms with E-state index in [-0.39, 0.29) is 32.5 Å². The topological polar surface area (TPSA) is 6.48 Å². The van der Waals surface area contributed by atoms with Crippen LogP contribution >= 0.6 is 0 Å². The number of nitrogens with zero attached hydrogens (tertiary/aromatic N) is 2. The predicted octanol–water partition coefficient (Wildman–Crippen LogP) is 13.1. The van der Waals surface area contributed by atoms with Gasteiger partial charge >= 0.3 is 0 Å². The summed E-state index contributed by atoms with van der Waals surface area (Å²) in [7, 11) is 4.47. The number of hydrogen-bond donors (Lipinski definition) is 0. The molecule has 4 aromatic rings. The Morgan fingerprint density at radius 3 is 0.900 bits per heavy atom. The molecule has 0 aliphatic carbocycles. The minimum absolute atomic E-state index is 0.0322. The molecule has 50 heavy (non-hydrogen) atoms. The normalized spacial score (nSPS) is 16.8. The van der Waals surface area contributed by atoms with E-state index >= 15 is 0 Å². The van der Waals surface area contributed by atoms with Gasteiger partial charge in [0.25, 0.3) is 0 Å². The summed E-state index contributed by atoms with van der Waals surface area (Å²) in [5, 5.41) is 0. The molecule has 0 saturated carbocycles. The summed E-state index contributed by atoms with van der Waals surface area (Å²) in [6.07, 6.45) is 2.22. The van der Waals surface area contributed by atoms with Crippen molar-refractivity contribution in [2.75, 3.05) is 23.9 Å². The van der Waals surface area contributed by atoms with Crippen LogP contribution in [0.2, 0.25) is 0 Å². The molecule has 2 heterocycles. The van der Waals surface area contributed by atoms with Crippen LogP contribution in [0.5, 0.6) is 0 Å². The van der Waals surface area contributed by atoms with Crippen LogP contribution < -0.4 is 9.80 Å². The fourth-order valence-electron chi connectivity index (χ4n) is 8.55. The Labute approximate surface area is 305 Å². The molecule has 2 nitrogen and oxygen atoms in total. The van der Waals surface area contributed by atoms with Crippen molar-refractivity contribution >= 4 is 22.7 Å². The second kappa shape index (κ2) is 11.5. The molecule has 0 fully saturated rings. The lowest BCUT2D eigenvalue weighted by Crippen LogP contribution is -2.33. The molecule has 0 aromatic heterocycles. The Hall–Kier alpha value is -3.52. The van der Waals surface area contributed by atoms with Gasteiger partial charge in [-0.2, -0.15) is 0 Å². The van der Waals surface area contributed by atoms with Crippen LogP contribution in [0.25, 0.3) is 0 Å². The molecule has 0 atom stereocenters. The number of benzene rings is 4. The quantitative estimate of drug-likeness (QED) is 0.209. The highest BCUT2D eigenvalue weighted by molar-refractivity contribution is 5.79. The largest absolute Gasteiger partial charge is 0.344 e. The van der Waals surface area contributed by atoms with Gasteiger partial charge in [-0.05, 0) is 103 Å². The van der Waals surface area contributed by atoms with Gasteiger partial charge in [-0.15, -0.1) is 0 Å². The van der Waals surface area contributed by atoms with E-state index in [9.17, 15) is 0 Å². The summed E-state index contributed by atoms with van der Waals surface area (Å²) in [5.41, 5.74) is 16.8. The van der Waals surface area contributed by atoms with Crippen LogP contribution in [0.1, 0.15) is 154 Å². The summed E-state index contributed by atoms with van der Waals surface area (Å²) in [6, 6.07) is 28.9. The van der Waals surface area contributed by atoms with Gasteiger partial charge < -0.3 is 9.80 Å². The Kier molecular flexibility index (Phi) is 8.34. The summed E-state index contributed by atoms with van der Waals surface area (Å²) in [4.78, 5) is 4.80. The van der Waals surface area contributed by atoms with E-state index in [0.717, 1.165) is 12.8 Å². The molecule has 0 bridgehead atoms. The Balaban J connectivity index is 1.29. The van der Waals surface area contributed by atoms with Crippen LogP contribution in [0.15, 0.2) is 72.8 Å². The first-order chi connectivity index (χ1) is 22.9. The monoisotopic (exact) mass is 669 g/mol. The molecule has 0 spiro atoms. The molecular formula is C48H64N2. The van der Waals surface area contributed by atoms with Crippen molar-refractivity contribution in [3.63, 3.8) is 0 Å². The highest BCUT2D eigenvalue weighted by Crippen LogP contribution is 2.52. The number of anilines is 4. The third-order valence-corrected chi connectivity index (χ3v) is 12.8. The maximum absolute atomic E-state index is 2.53. The van der Waals surface area contributed by atoms with Gasteiger partial charge in [0.1, 0.15) is 0 Å². The lowest BCUT2D eigenvalue weighted by molar-refractivity contribution is 0.374. The number of fused-ring (bicyclic) bond motifs is 4. The minimum Gasteiger partial charge on any atom is -0.344 e. The third-order valence-electron chi connectivity index (χ3n) is 12.8. The Morgan fingerprint density at radius 2 is 0.640 bits per heavy atom. The summed E-state index contributed by atoms with van der Waals surface area (Å²) < 4.78 is 0. The van der Waals surface area contributed by atoms with Gasteiger partial charge in [-0.25, -0.2) is 0 Å². The number of rotatable bonds is 5. The molecule has 266 valence electrons. The van der Waals surface area contributed by atoms with Gasteiger partial charge in [0.15, 0.2) is 0 Å². The zero-order valence-electron chi connectivity index (χ0n) is 34.2. The summed E-state index contributed by atoms with van der Waals surface area (Å²) in [6.45, 7) is 33.4. The van der Waals surface area contributed by atoms with Crippen LogP contribution in [0.3, 0.4) is 0 Å². The van der Waals surface area contributed by atoms with Crippen LogP contribution in [-0.2, 0) is 32.5 Å². The molecule has 0 N–H and O–H groups in total. The second-order valence-electron chi connectivity index (χ2n) is 20.1. The summed E-state index contributed by atoms with van der Waals surface area (Å²) >= 11 is 0. The van der Waals surface area contributed by atoms with Gasteiger partial charge in [-0.1, -0.05) is 145 Å². The molecule has 0 amide bonds. The van der Waals surface area contributed by atoms with Gasteiger partial charge in [0, 0.05) is 47.7 Å². The van der Waals surface area contributed by atoms with Crippen molar-refractivity contribution in [3.8, 4) is 0 Å². The fraction of sp³-hybridized carbons (Fsp3) is 0.500. The zero-order chi connectivity index (χ0) is 37.0. The van der Waals surface area contributed by atoms with E-state index in [1.165, 1.54) is 67.3 Å². The van der Waals surface area contributed by atoms with Crippen molar-refractivity contribution in [1.82, 2.24) is 0 Å². The SMILES string of the molecule is CN1c2ccc(C(C)(C)C)cc2C(C)(C)c2cc(C(C)(C)CCC(C)(C)c3ccc4c(c3)C(C)(C)c3cc(C(C)(C)C)ccc3N4C)ccc21. The van der Waals surface area contributed by atoms with E-state index in [0.29, 0.717) is 0 Å². The summed E-state index contributed by atoms with van der Waals surface area (Å²) in [5.74, 6) is 0. The maximum atomic E-state index is 2.53. The first kappa shape index (κ1) is 36.3. The van der Waals surface area contributed by atoms with E-state index in [4.69, 9.17) is 0 Å². The van der Waals surface area contributed by atoms with Crippen molar-refractivity contribution in [3.05, 3.63) is 117 Å². The van der Waals surface area contributed by atoms with Gasteiger partial charge in [0.05, 0.1) is 0 Å². The average Bonchev–Trinajstić information content (AvgIpc) is 3.04. The second-order valence-corrected chi connectivity index (χ2v) is 20.1. The molecule has 2 heteroatoms. The lowest BCUT2D eigenvalue weighted by Gasteiger charge is -2.43. The predicted molar refractivity (Wildman–Crippen MR) is 219 cm³/mol. The molecule has 0 saturated heterocycles. The average molecular weight is 669 g/mol. The van der Waals surface area contributed by atoms with Crippen molar-refractivity contribution in [2.24, 2.45) is 0 Å². The van der Waals surface area contributed by atoms with Crippen molar-refractivity contribution in [2.45, 2.75) is 142 Å². The molecule has 6 rings (SSSR count). The molecule has 2 aliphatic heterocycles. The zero-order valence-corrected chi connectivity index (χ0v) is 34.2. The van der Waals surface area contributed by atoms with E-state index in [1.54, 1.807) is 0 Å². The van der Waals surface area contributed by atoms with Crippen LogP contribution in [0.4, 0.5) is 22.7 Å².